The molecule has 1 rings (SSSR count). The van der Waals surface area contributed by atoms with Gasteiger partial charge in [-0.1, -0.05) is 0 Å². The molecule has 0 amide bonds. The highest BCUT2D eigenvalue weighted by Gasteiger charge is 2.33. The molecule has 0 radical (unpaired) electrons. The van der Waals surface area contributed by atoms with Crippen LogP contribution in [0.2, 0.25) is 0 Å². The number of rotatable bonds is 1. The number of aldehydes is 1. The van der Waals surface area contributed by atoms with Crippen molar-refractivity contribution in [1.82, 2.24) is 0 Å². The Balaban J connectivity index is 2.44. The van der Waals surface area contributed by atoms with E-state index in [-0.39, 0.29) is 11.7 Å². The third-order valence-electron chi connectivity index (χ3n) is 0.839. The largest absolute Gasteiger partial charge is 0.303 e. The Morgan fingerprint density at radius 1 is 1.83 bits per heavy atom. The number of hydrogen-bond donors (Lipinski definition) is 0. The third-order valence-corrected chi connectivity index (χ3v) is 0.839. The van der Waals surface area contributed by atoms with E-state index in [0.29, 0.717) is 12.7 Å². The minimum absolute atomic E-state index is 0.0880. The first kappa shape index (κ1) is 3.53. The van der Waals surface area contributed by atoms with E-state index in [1.165, 1.54) is 0 Å². The molecule has 0 aromatic carbocycles. The SMILES string of the molecule is O=C[C@H]1CC1=O. The van der Waals surface area contributed by atoms with E-state index in [0.717, 1.165) is 0 Å². The second kappa shape index (κ2) is 0.899. The first-order valence-electron chi connectivity index (χ1n) is 1.82. The van der Waals surface area contributed by atoms with Crippen LogP contribution >= 0.6 is 0 Å². The van der Waals surface area contributed by atoms with Crippen LogP contribution in [0.15, 0.2) is 0 Å². The zero-order valence-electron chi connectivity index (χ0n) is 3.18. The fraction of sp³-hybridized carbons (Fsp3) is 0.500. The summed E-state index contributed by atoms with van der Waals surface area (Å²) in [5.41, 5.74) is 0. The Labute approximate surface area is 35.2 Å². The normalized spacial score (nSPS) is 30.0. The van der Waals surface area contributed by atoms with Crippen LogP contribution in [-0.4, -0.2) is 12.1 Å². The maximum atomic E-state index is 9.89. The van der Waals surface area contributed by atoms with Crippen molar-refractivity contribution in [2.75, 3.05) is 0 Å². The summed E-state index contributed by atoms with van der Waals surface area (Å²) in [7, 11) is 0. The molecule has 0 saturated heterocycles. The summed E-state index contributed by atoms with van der Waals surface area (Å²) >= 11 is 0. The van der Waals surface area contributed by atoms with E-state index in [9.17, 15) is 9.59 Å². The maximum absolute atomic E-state index is 9.89. The van der Waals surface area contributed by atoms with Crippen molar-refractivity contribution in [1.29, 1.82) is 0 Å². The van der Waals surface area contributed by atoms with Gasteiger partial charge in [0.05, 0.1) is 5.92 Å². The zero-order chi connectivity index (χ0) is 4.57. The standard InChI is InChI=1S/C4H4O2/c5-2-3-1-4(3)6/h2-3H,1H2/t3-/m1/s1. The summed E-state index contributed by atoms with van der Waals surface area (Å²) in [6.07, 6.45) is 1.19. The zero-order valence-corrected chi connectivity index (χ0v) is 3.18. The number of Topliss-reactive ketones (excluding diaryl/α,β-unsaturated/α-hetero) is 1. The van der Waals surface area contributed by atoms with Gasteiger partial charge in [0, 0.05) is 6.42 Å². The lowest BCUT2D eigenvalue weighted by atomic mass is 10.5. The Hall–Kier alpha value is -0.660. The molecule has 0 N–H and O–H groups in total. The van der Waals surface area contributed by atoms with E-state index < -0.39 is 0 Å². The molecule has 0 unspecified atom stereocenters. The second-order valence-electron chi connectivity index (χ2n) is 1.41. The number of ketones is 1. The van der Waals surface area contributed by atoms with Crippen LogP contribution in [0.5, 0.6) is 0 Å². The Morgan fingerprint density at radius 2 is 2.33 bits per heavy atom. The van der Waals surface area contributed by atoms with Crippen molar-refractivity contribution in [3.05, 3.63) is 0 Å². The molecule has 1 atom stereocenters. The molecule has 0 heterocycles. The van der Waals surface area contributed by atoms with Crippen molar-refractivity contribution in [2.45, 2.75) is 6.42 Å². The van der Waals surface area contributed by atoms with E-state index in [4.69, 9.17) is 0 Å². The quantitative estimate of drug-likeness (QED) is 0.325. The van der Waals surface area contributed by atoms with Crippen molar-refractivity contribution in [3.8, 4) is 0 Å². The third kappa shape index (κ3) is 0.339. The Morgan fingerprint density at radius 3 is 2.33 bits per heavy atom. The fourth-order valence-corrected chi connectivity index (χ4v) is 0.282. The van der Waals surface area contributed by atoms with Crippen LogP contribution in [0.1, 0.15) is 6.42 Å². The van der Waals surface area contributed by atoms with Gasteiger partial charge in [0.1, 0.15) is 12.1 Å². The molecule has 2 nitrogen and oxygen atoms in total. The van der Waals surface area contributed by atoms with Crippen LogP contribution in [0.3, 0.4) is 0 Å². The average Bonchev–Trinajstić information content (AvgIpc) is 2.19. The summed E-state index contributed by atoms with van der Waals surface area (Å²) in [5, 5.41) is 0. The summed E-state index contributed by atoms with van der Waals surface area (Å²) < 4.78 is 0. The van der Waals surface area contributed by atoms with E-state index in [1.54, 1.807) is 0 Å². The first-order chi connectivity index (χ1) is 2.84. The summed E-state index contributed by atoms with van der Waals surface area (Å²) in [6.45, 7) is 0. The van der Waals surface area contributed by atoms with E-state index in [2.05, 4.69) is 0 Å². The minimum atomic E-state index is -0.218. The van der Waals surface area contributed by atoms with Crippen molar-refractivity contribution < 1.29 is 9.59 Å². The average molecular weight is 84.1 g/mol. The van der Waals surface area contributed by atoms with Gasteiger partial charge in [0.15, 0.2) is 0 Å². The van der Waals surface area contributed by atoms with Gasteiger partial charge in [0.2, 0.25) is 0 Å². The van der Waals surface area contributed by atoms with Crippen LogP contribution in [0, 0.1) is 5.92 Å². The lowest BCUT2D eigenvalue weighted by Gasteiger charge is -1.54. The Bertz CT molecular complexity index is 95.7. The maximum Gasteiger partial charge on any atom is 0.144 e. The van der Waals surface area contributed by atoms with Crippen molar-refractivity contribution in [3.63, 3.8) is 0 Å². The van der Waals surface area contributed by atoms with Gasteiger partial charge >= 0.3 is 0 Å². The first-order valence-corrected chi connectivity index (χ1v) is 1.82. The smallest absolute Gasteiger partial charge is 0.144 e. The molecule has 1 aliphatic rings. The lowest BCUT2D eigenvalue weighted by Crippen LogP contribution is -1.75. The van der Waals surface area contributed by atoms with Gasteiger partial charge < -0.3 is 4.79 Å². The van der Waals surface area contributed by atoms with Crippen LogP contribution in [0.25, 0.3) is 0 Å². The van der Waals surface area contributed by atoms with Gasteiger partial charge in [-0.3, -0.25) is 4.79 Å². The summed E-state index contributed by atoms with van der Waals surface area (Å²) in [6, 6.07) is 0. The molecule has 1 fully saturated rings. The van der Waals surface area contributed by atoms with Gasteiger partial charge in [-0.05, 0) is 0 Å². The van der Waals surface area contributed by atoms with Crippen LogP contribution in [-0.2, 0) is 9.59 Å². The summed E-state index contributed by atoms with van der Waals surface area (Å²) in [5.74, 6) is -0.130. The molecule has 0 aromatic heterocycles. The highest BCUT2D eigenvalue weighted by atomic mass is 16.2. The molecular formula is C4H4O2. The van der Waals surface area contributed by atoms with E-state index >= 15 is 0 Å². The number of carbonyl (C=O) groups excluding carboxylic acids is 2. The molecule has 2 heteroatoms. The topological polar surface area (TPSA) is 34.1 Å². The Kier molecular flexibility index (Phi) is 0.528. The van der Waals surface area contributed by atoms with Crippen LogP contribution < -0.4 is 0 Å². The highest BCUT2D eigenvalue weighted by Crippen LogP contribution is 2.19. The fourth-order valence-electron chi connectivity index (χ4n) is 0.282. The molecule has 0 spiro atoms. The molecule has 32 valence electrons. The molecule has 1 saturated carbocycles. The van der Waals surface area contributed by atoms with Gasteiger partial charge in [-0.15, -0.1) is 0 Å². The van der Waals surface area contributed by atoms with Gasteiger partial charge in [0.25, 0.3) is 0 Å². The highest BCUT2D eigenvalue weighted by molar-refractivity contribution is 6.07. The van der Waals surface area contributed by atoms with Gasteiger partial charge in [-0.25, -0.2) is 0 Å². The predicted molar refractivity (Wildman–Crippen MR) is 19.2 cm³/mol. The van der Waals surface area contributed by atoms with Gasteiger partial charge in [-0.2, -0.15) is 0 Å². The summed E-state index contributed by atoms with van der Waals surface area (Å²) in [4.78, 5) is 19.4. The minimum Gasteiger partial charge on any atom is -0.303 e. The van der Waals surface area contributed by atoms with Crippen LogP contribution in [0.4, 0.5) is 0 Å². The molecule has 0 aromatic rings. The predicted octanol–water partition coefficient (Wildman–Crippen LogP) is -0.226. The van der Waals surface area contributed by atoms with Crippen molar-refractivity contribution in [2.24, 2.45) is 5.92 Å². The van der Waals surface area contributed by atoms with E-state index in [1.807, 2.05) is 0 Å². The molecule has 6 heavy (non-hydrogen) atoms. The monoisotopic (exact) mass is 84.0 g/mol. The lowest BCUT2D eigenvalue weighted by molar-refractivity contribution is -0.115. The second-order valence-corrected chi connectivity index (χ2v) is 1.41. The molecule has 0 aliphatic heterocycles. The molecule has 1 aliphatic carbocycles. The molecular weight excluding hydrogens is 80.0 g/mol. The number of hydrogen-bond acceptors (Lipinski definition) is 2. The molecule has 0 bridgehead atoms. The van der Waals surface area contributed by atoms with Crippen molar-refractivity contribution >= 4 is 12.1 Å². The number of carbonyl (C=O) groups is 2.